The zero-order valence-electron chi connectivity index (χ0n) is 9.06. The zero-order chi connectivity index (χ0) is 11.8. The minimum absolute atomic E-state index is 0.636. The average Bonchev–Trinajstić information content (AvgIpc) is 2.73. The molecular formula is C12H11Cl2N3. The summed E-state index contributed by atoms with van der Waals surface area (Å²) in [5, 5.41) is 12.0. The van der Waals surface area contributed by atoms with Gasteiger partial charge in [-0.2, -0.15) is 5.10 Å². The first-order valence-corrected chi connectivity index (χ1v) is 6.24. The van der Waals surface area contributed by atoms with Crippen molar-refractivity contribution in [3.8, 4) is 11.3 Å². The molecule has 2 heterocycles. The number of aromatic nitrogens is 2. The van der Waals surface area contributed by atoms with Gasteiger partial charge in [0, 0.05) is 36.3 Å². The van der Waals surface area contributed by atoms with Crippen LogP contribution in [0.2, 0.25) is 10.0 Å². The summed E-state index contributed by atoms with van der Waals surface area (Å²) in [6, 6.07) is 5.51. The van der Waals surface area contributed by atoms with E-state index < -0.39 is 0 Å². The first-order valence-electron chi connectivity index (χ1n) is 5.48. The fourth-order valence-corrected chi connectivity index (χ4v) is 2.73. The molecule has 0 radical (unpaired) electrons. The Morgan fingerprint density at radius 1 is 1.18 bits per heavy atom. The van der Waals surface area contributed by atoms with Crippen molar-refractivity contribution < 1.29 is 0 Å². The summed E-state index contributed by atoms with van der Waals surface area (Å²) >= 11 is 12.4. The lowest BCUT2D eigenvalue weighted by Gasteiger charge is -2.14. The number of hydrogen-bond acceptors (Lipinski definition) is 2. The molecule has 0 saturated heterocycles. The Morgan fingerprint density at radius 3 is 2.71 bits per heavy atom. The first kappa shape index (κ1) is 11.1. The predicted molar refractivity (Wildman–Crippen MR) is 69.5 cm³/mol. The lowest BCUT2D eigenvalue weighted by atomic mass is 10.0. The standard InChI is InChI=1S/C12H11Cl2N3/c13-8-2-1-3-9(14)11(8)12-7-6-15-5-4-10(7)16-17-12/h1-3,15H,4-6H2,(H,16,17). The molecule has 0 saturated carbocycles. The van der Waals surface area contributed by atoms with Crippen LogP contribution in [0.15, 0.2) is 18.2 Å². The van der Waals surface area contributed by atoms with Gasteiger partial charge in [0.1, 0.15) is 0 Å². The second-order valence-corrected chi connectivity index (χ2v) is 4.87. The summed E-state index contributed by atoms with van der Waals surface area (Å²) in [4.78, 5) is 0. The SMILES string of the molecule is Clc1cccc(Cl)c1-c1n[nH]c2c1CNCC2. The van der Waals surface area contributed by atoms with Crippen molar-refractivity contribution >= 4 is 23.2 Å². The summed E-state index contributed by atoms with van der Waals surface area (Å²) in [5.41, 5.74) is 4.03. The van der Waals surface area contributed by atoms with Gasteiger partial charge in [-0.25, -0.2) is 0 Å². The Hall–Kier alpha value is -1.03. The smallest absolute Gasteiger partial charge is 0.0998 e. The molecule has 1 aliphatic heterocycles. The van der Waals surface area contributed by atoms with Gasteiger partial charge in [-0.3, -0.25) is 5.10 Å². The van der Waals surface area contributed by atoms with E-state index in [2.05, 4.69) is 15.5 Å². The van der Waals surface area contributed by atoms with Gasteiger partial charge in [-0.1, -0.05) is 29.3 Å². The van der Waals surface area contributed by atoms with Crippen molar-refractivity contribution in [2.24, 2.45) is 0 Å². The van der Waals surface area contributed by atoms with Gasteiger partial charge < -0.3 is 5.32 Å². The third kappa shape index (κ3) is 1.84. The van der Waals surface area contributed by atoms with Gasteiger partial charge in [0.25, 0.3) is 0 Å². The van der Waals surface area contributed by atoms with Gasteiger partial charge in [0.2, 0.25) is 0 Å². The quantitative estimate of drug-likeness (QED) is 0.834. The van der Waals surface area contributed by atoms with Crippen molar-refractivity contribution in [2.45, 2.75) is 13.0 Å². The number of H-pyrrole nitrogens is 1. The van der Waals surface area contributed by atoms with Crippen LogP contribution in [0.5, 0.6) is 0 Å². The summed E-state index contributed by atoms with van der Waals surface area (Å²) in [6.07, 6.45) is 0.963. The van der Waals surface area contributed by atoms with Crippen molar-refractivity contribution in [2.75, 3.05) is 6.54 Å². The van der Waals surface area contributed by atoms with Crippen molar-refractivity contribution in [3.63, 3.8) is 0 Å². The van der Waals surface area contributed by atoms with Crippen LogP contribution in [-0.2, 0) is 13.0 Å². The normalized spacial score (nSPS) is 14.7. The highest BCUT2D eigenvalue weighted by Gasteiger charge is 2.20. The van der Waals surface area contributed by atoms with E-state index in [-0.39, 0.29) is 0 Å². The van der Waals surface area contributed by atoms with Gasteiger partial charge in [-0.15, -0.1) is 0 Å². The molecule has 1 aliphatic rings. The van der Waals surface area contributed by atoms with E-state index in [1.807, 2.05) is 18.2 Å². The zero-order valence-corrected chi connectivity index (χ0v) is 10.6. The molecule has 2 aromatic rings. The van der Waals surface area contributed by atoms with Crippen LogP contribution in [0.3, 0.4) is 0 Å². The minimum Gasteiger partial charge on any atom is -0.312 e. The summed E-state index contributed by atoms with van der Waals surface area (Å²) < 4.78 is 0. The summed E-state index contributed by atoms with van der Waals surface area (Å²) in [6.45, 7) is 1.79. The highest BCUT2D eigenvalue weighted by atomic mass is 35.5. The lowest BCUT2D eigenvalue weighted by molar-refractivity contribution is 0.637. The van der Waals surface area contributed by atoms with E-state index in [1.54, 1.807) is 0 Å². The number of hydrogen-bond donors (Lipinski definition) is 2. The van der Waals surface area contributed by atoms with E-state index in [4.69, 9.17) is 23.2 Å². The highest BCUT2D eigenvalue weighted by molar-refractivity contribution is 6.39. The number of rotatable bonds is 1. The maximum absolute atomic E-state index is 6.20. The molecule has 1 aromatic carbocycles. The van der Waals surface area contributed by atoms with Crippen LogP contribution in [-0.4, -0.2) is 16.7 Å². The maximum Gasteiger partial charge on any atom is 0.0998 e. The van der Waals surface area contributed by atoms with Gasteiger partial charge in [0.15, 0.2) is 0 Å². The van der Waals surface area contributed by atoms with E-state index in [9.17, 15) is 0 Å². The fourth-order valence-electron chi connectivity index (χ4n) is 2.16. The van der Waals surface area contributed by atoms with Crippen LogP contribution in [0.4, 0.5) is 0 Å². The van der Waals surface area contributed by atoms with Crippen LogP contribution in [0.1, 0.15) is 11.3 Å². The Bertz CT molecular complexity index is 543. The molecule has 17 heavy (non-hydrogen) atoms. The number of nitrogens with zero attached hydrogens (tertiary/aromatic N) is 1. The number of halogens is 2. The molecule has 0 amide bonds. The molecule has 0 fully saturated rings. The monoisotopic (exact) mass is 267 g/mol. The molecule has 0 spiro atoms. The number of nitrogens with one attached hydrogen (secondary N) is 2. The van der Waals surface area contributed by atoms with Crippen LogP contribution < -0.4 is 5.32 Å². The van der Waals surface area contributed by atoms with Crippen molar-refractivity contribution in [1.82, 2.24) is 15.5 Å². The van der Waals surface area contributed by atoms with Gasteiger partial charge >= 0.3 is 0 Å². The lowest BCUT2D eigenvalue weighted by Crippen LogP contribution is -2.23. The molecule has 88 valence electrons. The largest absolute Gasteiger partial charge is 0.312 e. The Kier molecular flexibility index (Phi) is 2.82. The molecule has 0 aliphatic carbocycles. The molecule has 0 atom stereocenters. The van der Waals surface area contributed by atoms with E-state index in [0.29, 0.717) is 10.0 Å². The molecule has 2 N–H and O–H groups in total. The molecule has 3 rings (SSSR count). The Balaban J connectivity index is 2.19. The first-order chi connectivity index (χ1) is 8.27. The third-order valence-corrected chi connectivity index (χ3v) is 3.64. The van der Waals surface area contributed by atoms with E-state index in [0.717, 1.165) is 30.8 Å². The van der Waals surface area contributed by atoms with Crippen molar-refractivity contribution in [3.05, 3.63) is 39.5 Å². The minimum atomic E-state index is 0.636. The Morgan fingerprint density at radius 2 is 1.94 bits per heavy atom. The van der Waals surface area contributed by atoms with Crippen LogP contribution in [0, 0.1) is 0 Å². The molecule has 5 heteroatoms. The number of fused-ring (bicyclic) bond motifs is 1. The second kappa shape index (κ2) is 4.33. The van der Waals surface area contributed by atoms with Crippen LogP contribution >= 0.6 is 23.2 Å². The van der Waals surface area contributed by atoms with Crippen LogP contribution in [0.25, 0.3) is 11.3 Å². The fraction of sp³-hybridized carbons (Fsp3) is 0.250. The van der Waals surface area contributed by atoms with E-state index in [1.165, 1.54) is 11.3 Å². The van der Waals surface area contributed by atoms with Gasteiger partial charge in [0.05, 0.1) is 15.7 Å². The molecule has 1 aromatic heterocycles. The third-order valence-electron chi connectivity index (χ3n) is 3.01. The average molecular weight is 268 g/mol. The molecule has 0 bridgehead atoms. The molecule has 0 unspecified atom stereocenters. The number of benzene rings is 1. The topological polar surface area (TPSA) is 40.7 Å². The number of aromatic amines is 1. The highest BCUT2D eigenvalue weighted by Crippen LogP contribution is 2.36. The van der Waals surface area contributed by atoms with Gasteiger partial charge in [-0.05, 0) is 12.1 Å². The maximum atomic E-state index is 6.20. The van der Waals surface area contributed by atoms with Crippen molar-refractivity contribution in [1.29, 1.82) is 0 Å². The predicted octanol–water partition coefficient (Wildman–Crippen LogP) is 3.03. The summed E-state index contributed by atoms with van der Waals surface area (Å²) in [5.74, 6) is 0. The summed E-state index contributed by atoms with van der Waals surface area (Å²) in [7, 11) is 0. The second-order valence-electron chi connectivity index (χ2n) is 4.05. The Labute approximate surface area is 109 Å². The molecular weight excluding hydrogens is 257 g/mol. The molecule has 3 nitrogen and oxygen atoms in total. The van der Waals surface area contributed by atoms with E-state index >= 15 is 0 Å².